The predicted molar refractivity (Wildman–Crippen MR) is 88.8 cm³/mol. The molecule has 0 bridgehead atoms. The highest BCUT2D eigenvalue weighted by Crippen LogP contribution is 2.23. The van der Waals surface area contributed by atoms with Crippen LogP contribution in [0.3, 0.4) is 0 Å². The molecule has 4 rings (SSSR count). The maximum Gasteiger partial charge on any atom is 0.200 e. The number of rotatable bonds is 4. The van der Waals surface area contributed by atoms with E-state index in [1.54, 1.807) is 0 Å². The molecule has 0 aliphatic heterocycles. The van der Waals surface area contributed by atoms with Crippen molar-refractivity contribution in [2.24, 2.45) is 0 Å². The van der Waals surface area contributed by atoms with E-state index in [-0.39, 0.29) is 0 Å². The Hall–Kier alpha value is -2.70. The Labute approximate surface area is 134 Å². The number of anilines is 3. The number of aromatic nitrogens is 5. The Morgan fingerprint density at radius 2 is 1.70 bits per heavy atom. The zero-order valence-corrected chi connectivity index (χ0v) is 12.8. The molecule has 7 heteroatoms. The van der Waals surface area contributed by atoms with Crippen molar-refractivity contribution in [2.45, 2.75) is 38.1 Å². The molecule has 23 heavy (non-hydrogen) atoms. The van der Waals surface area contributed by atoms with E-state index in [1.807, 2.05) is 12.1 Å². The summed E-state index contributed by atoms with van der Waals surface area (Å²) in [4.78, 5) is 0. The molecule has 0 atom stereocenters. The van der Waals surface area contributed by atoms with E-state index in [2.05, 4.69) is 55.5 Å². The second kappa shape index (κ2) is 6.20. The molecule has 1 aromatic carbocycles. The Morgan fingerprint density at radius 1 is 0.913 bits per heavy atom. The predicted octanol–water partition coefficient (Wildman–Crippen LogP) is 3.01. The van der Waals surface area contributed by atoms with Gasteiger partial charge in [-0.25, -0.2) is 0 Å². The Morgan fingerprint density at radius 3 is 2.52 bits per heavy atom. The van der Waals surface area contributed by atoms with Gasteiger partial charge in [0.2, 0.25) is 0 Å². The molecule has 0 saturated heterocycles. The topological polar surface area (TPSA) is 80.0 Å². The van der Waals surface area contributed by atoms with E-state index in [9.17, 15) is 0 Å². The van der Waals surface area contributed by atoms with Gasteiger partial charge in [0.05, 0.1) is 0 Å². The first kappa shape index (κ1) is 13.9. The summed E-state index contributed by atoms with van der Waals surface area (Å²) in [5, 5.41) is 22.4. The Kier molecular flexibility index (Phi) is 3.75. The van der Waals surface area contributed by atoms with Gasteiger partial charge in [-0.15, -0.1) is 14.8 Å². The number of fused-ring (bicyclic) bond motifs is 1. The number of hydrogen-bond donors (Lipinski definition) is 2. The molecule has 1 fully saturated rings. The minimum absolute atomic E-state index is 0.617. The van der Waals surface area contributed by atoms with Crippen molar-refractivity contribution in [1.29, 1.82) is 0 Å². The van der Waals surface area contributed by atoms with E-state index in [1.165, 1.54) is 42.4 Å². The summed E-state index contributed by atoms with van der Waals surface area (Å²) >= 11 is 0. The second-order valence-electron chi connectivity index (χ2n) is 5.93. The van der Waals surface area contributed by atoms with Crippen LogP contribution in [0.25, 0.3) is 5.65 Å². The number of hydrogen-bond acceptors (Lipinski definition) is 6. The normalized spacial score (nSPS) is 15.7. The third-order valence-electron chi connectivity index (χ3n) is 4.20. The van der Waals surface area contributed by atoms with Crippen LogP contribution in [0.1, 0.15) is 32.1 Å². The monoisotopic (exact) mass is 309 g/mol. The summed E-state index contributed by atoms with van der Waals surface area (Å²) in [6, 6.07) is 12.6. The van der Waals surface area contributed by atoms with Gasteiger partial charge in [0, 0.05) is 17.4 Å². The Balaban J connectivity index is 1.42. The number of nitrogens with one attached hydrogen (secondary N) is 2. The lowest BCUT2D eigenvalue weighted by Gasteiger charge is -2.23. The molecule has 0 unspecified atom stereocenters. The average molecular weight is 309 g/mol. The first-order chi connectivity index (χ1) is 11.4. The fourth-order valence-electron chi connectivity index (χ4n) is 3.00. The van der Waals surface area contributed by atoms with E-state index in [4.69, 9.17) is 0 Å². The number of benzene rings is 1. The molecule has 2 N–H and O–H groups in total. The summed E-state index contributed by atoms with van der Waals surface area (Å²) < 4.78 is 1.40. The van der Waals surface area contributed by atoms with Gasteiger partial charge in [-0.3, -0.25) is 0 Å². The molecule has 0 amide bonds. The lowest BCUT2D eigenvalue weighted by atomic mass is 9.95. The van der Waals surface area contributed by atoms with Crippen molar-refractivity contribution >= 4 is 22.8 Å². The molecule has 1 aliphatic rings. The van der Waals surface area contributed by atoms with Gasteiger partial charge in [0.15, 0.2) is 11.5 Å². The lowest BCUT2D eigenvalue weighted by Crippen LogP contribution is -2.22. The van der Waals surface area contributed by atoms with E-state index in [0.717, 1.165) is 5.69 Å². The van der Waals surface area contributed by atoms with Crippen molar-refractivity contribution in [1.82, 2.24) is 25.3 Å². The van der Waals surface area contributed by atoms with Crippen LogP contribution in [0.4, 0.5) is 17.2 Å². The van der Waals surface area contributed by atoms with Crippen molar-refractivity contribution < 1.29 is 0 Å². The van der Waals surface area contributed by atoms with Gasteiger partial charge in [-0.1, -0.05) is 19.3 Å². The van der Waals surface area contributed by atoms with Crippen LogP contribution >= 0.6 is 0 Å². The highest BCUT2D eigenvalue weighted by molar-refractivity contribution is 5.60. The first-order valence-electron chi connectivity index (χ1n) is 8.06. The van der Waals surface area contributed by atoms with Crippen LogP contribution in [-0.2, 0) is 0 Å². The molecule has 0 spiro atoms. The molecule has 1 saturated carbocycles. The summed E-state index contributed by atoms with van der Waals surface area (Å²) in [6.45, 7) is 0. The molecule has 2 aromatic heterocycles. The largest absolute Gasteiger partial charge is 0.382 e. The molecular formula is C16H19N7. The second-order valence-corrected chi connectivity index (χ2v) is 5.93. The minimum atomic E-state index is 0.617. The van der Waals surface area contributed by atoms with Gasteiger partial charge in [-0.05, 0) is 59.7 Å². The third-order valence-corrected chi connectivity index (χ3v) is 4.20. The van der Waals surface area contributed by atoms with E-state index >= 15 is 0 Å². The smallest absolute Gasteiger partial charge is 0.200 e. The van der Waals surface area contributed by atoms with Gasteiger partial charge < -0.3 is 10.6 Å². The third kappa shape index (κ3) is 3.23. The van der Waals surface area contributed by atoms with Gasteiger partial charge >= 0.3 is 0 Å². The van der Waals surface area contributed by atoms with Crippen molar-refractivity contribution in [3.63, 3.8) is 0 Å². The van der Waals surface area contributed by atoms with Crippen LogP contribution < -0.4 is 10.6 Å². The quantitative estimate of drug-likeness (QED) is 0.771. The zero-order chi connectivity index (χ0) is 15.5. The molecule has 118 valence electrons. The number of tetrazole rings is 1. The van der Waals surface area contributed by atoms with Crippen LogP contribution in [0, 0.1) is 0 Å². The van der Waals surface area contributed by atoms with Gasteiger partial charge in [-0.2, -0.15) is 0 Å². The molecule has 7 nitrogen and oxygen atoms in total. The van der Waals surface area contributed by atoms with Crippen molar-refractivity contribution in [3.8, 4) is 0 Å². The molecular weight excluding hydrogens is 290 g/mol. The molecule has 3 aromatic rings. The van der Waals surface area contributed by atoms with Crippen LogP contribution in [0.2, 0.25) is 0 Å². The maximum absolute atomic E-state index is 4.30. The highest BCUT2D eigenvalue weighted by atomic mass is 15.6. The van der Waals surface area contributed by atoms with Crippen LogP contribution in [-0.4, -0.2) is 31.3 Å². The van der Waals surface area contributed by atoms with Crippen LogP contribution in [0.15, 0.2) is 36.4 Å². The Bertz CT molecular complexity index is 774. The van der Waals surface area contributed by atoms with E-state index in [0.29, 0.717) is 17.5 Å². The lowest BCUT2D eigenvalue weighted by molar-refractivity contribution is 0.463. The van der Waals surface area contributed by atoms with Gasteiger partial charge in [0.1, 0.15) is 0 Å². The minimum Gasteiger partial charge on any atom is -0.382 e. The number of nitrogens with zero attached hydrogens (tertiary/aromatic N) is 5. The molecule has 0 radical (unpaired) electrons. The average Bonchev–Trinajstić information content (AvgIpc) is 3.05. The van der Waals surface area contributed by atoms with Crippen molar-refractivity contribution in [2.75, 3.05) is 10.6 Å². The molecule has 1 aliphatic carbocycles. The fraction of sp³-hybridized carbons (Fsp3) is 0.375. The SMILES string of the molecule is c1cc(NC2CCCCC2)ccc1Nc1ccc2nnnn2n1. The van der Waals surface area contributed by atoms with Crippen molar-refractivity contribution in [3.05, 3.63) is 36.4 Å². The van der Waals surface area contributed by atoms with Gasteiger partial charge in [0.25, 0.3) is 0 Å². The standard InChI is InChI=1S/C16H19N7/c1-2-4-12(5-3-1)17-13-6-8-14(9-7-13)18-15-10-11-16-19-21-22-23(16)20-15/h6-12,17H,1-5H2,(H,18,20). The highest BCUT2D eigenvalue weighted by Gasteiger charge is 2.12. The summed E-state index contributed by atoms with van der Waals surface area (Å²) in [5.41, 5.74) is 2.79. The summed E-state index contributed by atoms with van der Waals surface area (Å²) in [5.74, 6) is 0.706. The first-order valence-corrected chi connectivity index (χ1v) is 8.06. The fourth-order valence-corrected chi connectivity index (χ4v) is 3.00. The maximum atomic E-state index is 4.30. The summed E-state index contributed by atoms with van der Waals surface area (Å²) in [6.07, 6.45) is 6.59. The van der Waals surface area contributed by atoms with E-state index < -0.39 is 0 Å². The zero-order valence-electron chi connectivity index (χ0n) is 12.8. The summed E-state index contributed by atoms with van der Waals surface area (Å²) in [7, 11) is 0. The van der Waals surface area contributed by atoms with Crippen LogP contribution in [0.5, 0.6) is 0 Å². The molecule has 2 heterocycles.